The van der Waals surface area contributed by atoms with E-state index in [4.69, 9.17) is 4.74 Å². The molecule has 4 nitrogen and oxygen atoms in total. The van der Waals surface area contributed by atoms with Gasteiger partial charge in [0.2, 0.25) is 0 Å². The Kier molecular flexibility index (Phi) is 4.94. The van der Waals surface area contributed by atoms with Crippen molar-refractivity contribution in [1.29, 1.82) is 0 Å². The number of anilines is 1. The zero-order valence-corrected chi connectivity index (χ0v) is 16.4. The standard InChI is InChI=1S/C22H22N2O2S/c1-15-10-11-19(26-2)21-17(15)9-6-12-24(21)22(25)18-14-27-20(23-18)13-16-7-4-3-5-8-16/h3-5,7-8,10-11,14H,6,9,12-13H2,1-2H3. The topological polar surface area (TPSA) is 42.4 Å². The van der Waals surface area contributed by atoms with Gasteiger partial charge >= 0.3 is 0 Å². The maximum Gasteiger partial charge on any atom is 0.277 e. The fourth-order valence-corrected chi connectivity index (χ4v) is 4.42. The summed E-state index contributed by atoms with van der Waals surface area (Å²) in [4.78, 5) is 19.7. The summed E-state index contributed by atoms with van der Waals surface area (Å²) in [5.41, 5.74) is 5.03. The Morgan fingerprint density at radius 2 is 2.04 bits per heavy atom. The summed E-state index contributed by atoms with van der Waals surface area (Å²) in [6.45, 7) is 2.78. The second-order valence-electron chi connectivity index (χ2n) is 6.76. The highest BCUT2D eigenvalue weighted by Gasteiger charge is 2.29. The van der Waals surface area contributed by atoms with Crippen LogP contribution >= 0.6 is 11.3 Å². The molecule has 0 atom stereocenters. The first-order valence-corrected chi connectivity index (χ1v) is 10.0. The molecular weight excluding hydrogens is 356 g/mol. The molecular formula is C22H22N2O2S. The molecule has 0 N–H and O–H groups in total. The number of amides is 1. The molecule has 0 radical (unpaired) electrons. The van der Waals surface area contributed by atoms with Crippen LogP contribution in [-0.2, 0) is 12.8 Å². The minimum atomic E-state index is -0.0459. The number of fused-ring (bicyclic) bond motifs is 1. The average molecular weight is 378 g/mol. The number of carbonyl (C=O) groups excluding carboxylic acids is 1. The van der Waals surface area contributed by atoms with Crippen molar-refractivity contribution in [3.8, 4) is 5.75 Å². The van der Waals surface area contributed by atoms with Crippen LogP contribution in [0.15, 0.2) is 47.8 Å². The minimum Gasteiger partial charge on any atom is -0.495 e. The Balaban J connectivity index is 1.63. The summed E-state index contributed by atoms with van der Waals surface area (Å²) in [6.07, 6.45) is 2.67. The van der Waals surface area contributed by atoms with Crippen molar-refractivity contribution >= 4 is 22.9 Å². The van der Waals surface area contributed by atoms with Crippen LogP contribution in [0.2, 0.25) is 0 Å². The van der Waals surface area contributed by atoms with Crippen molar-refractivity contribution in [1.82, 2.24) is 4.98 Å². The summed E-state index contributed by atoms with van der Waals surface area (Å²) >= 11 is 1.54. The predicted molar refractivity (Wildman–Crippen MR) is 109 cm³/mol. The van der Waals surface area contributed by atoms with Crippen molar-refractivity contribution in [2.24, 2.45) is 0 Å². The monoisotopic (exact) mass is 378 g/mol. The number of aromatic nitrogens is 1. The average Bonchev–Trinajstić information content (AvgIpc) is 3.17. The van der Waals surface area contributed by atoms with Crippen LogP contribution in [0.5, 0.6) is 5.75 Å². The molecule has 0 bridgehead atoms. The van der Waals surface area contributed by atoms with E-state index in [1.807, 2.05) is 34.5 Å². The van der Waals surface area contributed by atoms with Gasteiger partial charge in [-0.05, 0) is 42.5 Å². The van der Waals surface area contributed by atoms with Gasteiger partial charge in [0.1, 0.15) is 11.4 Å². The van der Waals surface area contributed by atoms with Gasteiger partial charge in [-0.25, -0.2) is 4.98 Å². The van der Waals surface area contributed by atoms with Gasteiger partial charge in [-0.1, -0.05) is 36.4 Å². The van der Waals surface area contributed by atoms with Crippen LogP contribution in [0.3, 0.4) is 0 Å². The molecule has 3 aromatic rings. The van der Waals surface area contributed by atoms with Gasteiger partial charge in [0.15, 0.2) is 0 Å². The summed E-state index contributed by atoms with van der Waals surface area (Å²) in [7, 11) is 1.66. The number of nitrogens with zero attached hydrogens (tertiary/aromatic N) is 2. The van der Waals surface area contributed by atoms with E-state index >= 15 is 0 Å². The Labute approximate surface area is 163 Å². The van der Waals surface area contributed by atoms with Gasteiger partial charge in [-0.15, -0.1) is 11.3 Å². The Morgan fingerprint density at radius 3 is 2.81 bits per heavy atom. The molecule has 1 aromatic heterocycles. The Bertz CT molecular complexity index is 966. The van der Waals surface area contributed by atoms with E-state index in [2.05, 4.69) is 30.1 Å². The third-order valence-corrected chi connectivity index (χ3v) is 5.84. The first-order valence-electron chi connectivity index (χ1n) is 9.14. The Morgan fingerprint density at radius 1 is 1.22 bits per heavy atom. The van der Waals surface area contributed by atoms with Crippen LogP contribution in [0.4, 0.5) is 5.69 Å². The van der Waals surface area contributed by atoms with Gasteiger partial charge in [0.05, 0.1) is 17.8 Å². The third-order valence-electron chi connectivity index (χ3n) is 4.99. The van der Waals surface area contributed by atoms with E-state index in [0.717, 1.165) is 35.7 Å². The van der Waals surface area contributed by atoms with E-state index < -0.39 is 0 Å². The maximum atomic E-state index is 13.2. The first kappa shape index (κ1) is 17.7. The van der Waals surface area contributed by atoms with Crippen molar-refractivity contribution in [2.45, 2.75) is 26.2 Å². The molecule has 2 heterocycles. The molecule has 0 spiro atoms. The number of hydrogen-bond donors (Lipinski definition) is 0. The van der Waals surface area contributed by atoms with Crippen LogP contribution in [0, 0.1) is 6.92 Å². The van der Waals surface area contributed by atoms with Crippen LogP contribution in [0.1, 0.15) is 38.6 Å². The number of hydrogen-bond acceptors (Lipinski definition) is 4. The molecule has 0 aliphatic carbocycles. The first-order chi connectivity index (χ1) is 13.2. The van der Waals surface area contributed by atoms with Gasteiger partial charge in [-0.2, -0.15) is 0 Å². The lowest BCUT2D eigenvalue weighted by molar-refractivity contribution is 0.0980. The molecule has 2 aromatic carbocycles. The quantitative estimate of drug-likeness (QED) is 0.664. The van der Waals surface area contributed by atoms with E-state index in [1.165, 1.54) is 16.7 Å². The minimum absolute atomic E-state index is 0.0459. The molecule has 138 valence electrons. The number of ether oxygens (including phenoxy) is 1. The highest BCUT2D eigenvalue weighted by atomic mass is 32.1. The lowest BCUT2D eigenvalue weighted by Gasteiger charge is -2.31. The molecule has 27 heavy (non-hydrogen) atoms. The molecule has 0 fully saturated rings. The fourth-order valence-electron chi connectivity index (χ4n) is 3.62. The molecule has 1 amide bonds. The number of aryl methyl sites for hydroxylation is 1. The number of benzene rings is 2. The number of rotatable bonds is 4. The molecule has 0 unspecified atom stereocenters. The highest BCUT2D eigenvalue weighted by molar-refractivity contribution is 7.09. The van der Waals surface area contributed by atoms with Crippen molar-refractivity contribution < 1.29 is 9.53 Å². The fraction of sp³-hybridized carbons (Fsp3) is 0.273. The zero-order chi connectivity index (χ0) is 18.8. The number of carbonyl (C=O) groups is 1. The Hall–Kier alpha value is -2.66. The zero-order valence-electron chi connectivity index (χ0n) is 15.6. The van der Waals surface area contributed by atoms with Crippen molar-refractivity contribution in [3.63, 3.8) is 0 Å². The van der Waals surface area contributed by atoms with Crippen molar-refractivity contribution in [3.05, 3.63) is 75.2 Å². The van der Waals surface area contributed by atoms with E-state index in [1.54, 1.807) is 18.4 Å². The molecule has 0 saturated heterocycles. The summed E-state index contributed by atoms with van der Waals surface area (Å²) < 4.78 is 5.56. The lowest BCUT2D eigenvalue weighted by Crippen LogP contribution is -2.36. The molecule has 1 aliphatic rings. The summed E-state index contributed by atoms with van der Waals surface area (Å²) in [5.74, 6) is 0.707. The van der Waals surface area contributed by atoms with Crippen molar-refractivity contribution in [2.75, 3.05) is 18.6 Å². The summed E-state index contributed by atoms with van der Waals surface area (Å²) in [6, 6.07) is 14.2. The molecule has 0 saturated carbocycles. The van der Waals surface area contributed by atoms with Gasteiger partial charge in [0, 0.05) is 18.3 Å². The number of methoxy groups -OCH3 is 1. The van der Waals surface area contributed by atoms with Crippen LogP contribution < -0.4 is 9.64 Å². The van der Waals surface area contributed by atoms with E-state index in [-0.39, 0.29) is 5.91 Å². The van der Waals surface area contributed by atoms with E-state index in [0.29, 0.717) is 12.2 Å². The lowest BCUT2D eigenvalue weighted by atomic mass is 9.96. The summed E-state index contributed by atoms with van der Waals surface area (Å²) in [5, 5.41) is 2.83. The van der Waals surface area contributed by atoms with Crippen LogP contribution in [0.25, 0.3) is 0 Å². The second-order valence-corrected chi connectivity index (χ2v) is 7.70. The normalized spacial score (nSPS) is 13.3. The molecule has 1 aliphatic heterocycles. The maximum absolute atomic E-state index is 13.2. The number of thiazole rings is 1. The second kappa shape index (κ2) is 7.53. The smallest absolute Gasteiger partial charge is 0.277 e. The van der Waals surface area contributed by atoms with Gasteiger partial charge in [0.25, 0.3) is 5.91 Å². The van der Waals surface area contributed by atoms with Gasteiger partial charge in [-0.3, -0.25) is 4.79 Å². The largest absolute Gasteiger partial charge is 0.495 e. The highest BCUT2D eigenvalue weighted by Crippen LogP contribution is 2.39. The predicted octanol–water partition coefficient (Wildman–Crippen LogP) is 4.64. The third kappa shape index (κ3) is 3.47. The molecule has 5 heteroatoms. The van der Waals surface area contributed by atoms with Crippen LogP contribution in [-0.4, -0.2) is 24.5 Å². The molecule has 4 rings (SSSR count). The van der Waals surface area contributed by atoms with E-state index in [9.17, 15) is 4.79 Å². The SMILES string of the molecule is COc1ccc(C)c2c1N(C(=O)c1csc(Cc3ccccc3)n1)CCC2. The van der Waals surface area contributed by atoms with Gasteiger partial charge < -0.3 is 9.64 Å².